The van der Waals surface area contributed by atoms with E-state index in [1.54, 1.807) is 6.07 Å². The number of anilines is 1. The van der Waals surface area contributed by atoms with Crippen LogP contribution in [0.15, 0.2) is 24.5 Å². The van der Waals surface area contributed by atoms with Crippen LogP contribution >= 0.6 is 0 Å². The number of carbonyl (C=O) groups is 3. The molecule has 0 spiro atoms. The summed E-state index contributed by atoms with van der Waals surface area (Å²) in [4.78, 5) is 39.5. The molecule has 3 amide bonds. The van der Waals surface area contributed by atoms with Gasteiger partial charge in [-0.25, -0.2) is 14.6 Å². The third-order valence-electron chi connectivity index (χ3n) is 3.08. The van der Waals surface area contributed by atoms with Crippen molar-refractivity contribution in [1.29, 1.82) is 0 Å². The summed E-state index contributed by atoms with van der Waals surface area (Å²) in [5, 5.41) is 11.4. The van der Waals surface area contributed by atoms with Gasteiger partial charge >= 0.3 is 12.0 Å². The molecule has 1 fully saturated rings. The minimum absolute atomic E-state index is 0.000278. The van der Waals surface area contributed by atoms with Crippen molar-refractivity contribution >= 4 is 29.2 Å². The van der Waals surface area contributed by atoms with Gasteiger partial charge in [0.05, 0.1) is 5.69 Å². The van der Waals surface area contributed by atoms with E-state index in [0.717, 1.165) is 0 Å². The van der Waals surface area contributed by atoms with E-state index in [9.17, 15) is 19.5 Å². The van der Waals surface area contributed by atoms with Gasteiger partial charge in [-0.3, -0.25) is 19.4 Å². The third-order valence-corrected chi connectivity index (χ3v) is 3.08. The lowest BCUT2D eigenvalue weighted by Gasteiger charge is -2.26. The lowest BCUT2D eigenvalue weighted by Crippen LogP contribution is -2.49. The van der Waals surface area contributed by atoms with E-state index in [4.69, 9.17) is 0 Å². The SMILES string of the molecule is O=C1CCN(c2cc(C(=O)O)n3ccnc3c2)C(=O)N1. The number of carboxylic acid groups (broad SMARTS) is 1. The number of imidazole rings is 1. The van der Waals surface area contributed by atoms with Gasteiger partial charge in [-0.2, -0.15) is 0 Å². The zero-order valence-electron chi connectivity index (χ0n) is 10.2. The molecule has 0 atom stereocenters. The number of hydrogen-bond donors (Lipinski definition) is 2. The molecule has 1 aliphatic rings. The summed E-state index contributed by atoms with van der Waals surface area (Å²) >= 11 is 0. The molecule has 0 saturated carbocycles. The monoisotopic (exact) mass is 274 g/mol. The first-order chi connectivity index (χ1) is 9.56. The zero-order valence-corrected chi connectivity index (χ0v) is 10.2. The second kappa shape index (κ2) is 4.34. The van der Waals surface area contributed by atoms with E-state index in [0.29, 0.717) is 11.3 Å². The van der Waals surface area contributed by atoms with Crippen LogP contribution in [-0.4, -0.2) is 38.9 Å². The molecule has 3 heterocycles. The first-order valence-electron chi connectivity index (χ1n) is 5.88. The summed E-state index contributed by atoms with van der Waals surface area (Å²) in [7, 11) is 0. The second-order valence-corrected chi connectivity index (χ2v) is 4.31. The highest BCUT2D eigenvalue weighted by Crippen LogP contribution is 2.21. The molecule has 3 rings (SSSR count). The van der Waals surface area contributed by atoms with Crippen LogP contribution < -0.4 is 10.2 Å². The van der Waals surface area contributed by atoms with E-state index >= 15 is 0 Å². The molecule has 8 nitrogen and oxygen atoms in total. The minimum Gasteiger partial charge on any atom is -0.477 e. The number of aromatic nitrogens is 2. The van der Waals surface area contributed by atoms with Crippen LogP contribution in [0, 0.1) is 0 Å². The van der Waals surface area contributed by atoms with Crippen molar-refractivity contribution in [3.63, 3.8) is 0 Å². The second-order valence-electron chi connectivity index (χ2n) is 4.31. The Labute approximate surface area is 112 Å². The highest BCUT2D eigenvalue weighted by atomic mass is 16.4. The molecule has 1 aliphatic heterocycles. The molecule has 2 aromatic heterocycles. The molecular formula is C12H10N4O4. The van der Waals surface area contributed by atoms with Crippen LogP contribution in [0.2, 0.25) is 0 Å². The summed E-state index contributed by atoms with van der Waals surface area (Å²) in [5.74, 6) is -1.46. The molecule has 0 aliphatic carbocycles. The van der Waals surface area contributed by atoms with Crippen LogP contribution in [-0.2, 0) is 4.79 Å². The van der Waals surface area contributed by atoms with Gasteiger partial charge in [0.15, 0.2) is 0 Å². The van der Waals surface area contributed by atoms with Gasteiger partial charge in [-0.1, -0.05) is 0 Å². The first-order valence-corrected chi connectivity index (χ1v) is 5.88. The highest BCUT2D eigenvalue weighted by molar-refractivity contribution is 6.06. The summed E-state index contributed by atoms with van der Waals surface area (Å²) in [6.07, 6.45) is 3.18. The number of pyridine rings is 1. The lowest BCUT2D eigenvalue weighted by atomic mass is 10.2. The largest absolute Gasteiger partial charge is 0.477 e. The van der Waals surface area contributed by atoms with Crippen molar-refractivity contribution in [1.82, 2.24) is 14.7 Å². The summed E-state index contributed by atoms with van der Waals surface area (Å²) in [5.41, 5.74) is 0.815. The number of fused-ring (bicyclic) bond motifs is 1. The van der Waals surface area contributed by atoms with Crippen molar-refractivity contribution in [3.8, 4) is 0 Å². The number of rotatable bonds is 2. The van der Waals surface area contributed by atoms with Crippen LogP contribution in [0.25, 0.3) is 5.65 Å². The summed E-state index contributed by atoms with van der Waals surface area (Å²) in [6, 6.07) is 2.42. The standard InChI is InChI=1S/C12H10N4O4/c17-10-1-3-15(12(20)14-10)7-5-8(11(18)19)16-4-2-13-9(16)6-7/h2,4-6H,1,3H2,(H,18,19)(H,14,17,20). The molecule has 0 bridgehead atoms. The summed E-state index contributed by atoms with van der Waals surface area (Å²) in [6.45, 7) is 0.209. The third kappa shape index (κ3) is 1.87. The fourth-order valence-electron chi connectivity index (χ4n) is 2.14. The maximum Gasteiger partial charge on any atom is 0.352 e. The van der Waals surface area contributed by atoms with Crippen molar-refractivity contribution in [2.45, 2.75) is 6.42 Å². The number of carbonyl (C=O) groups excluding carboxylic acids is 2. The van der Waals surface area contributed by atoms with Gasteiger partial charge in [0.1, 0.15) is 11.3 Å². The van der Waals surface area contributed by atoms with Gasteiger partial charge in [0.2, 0.25) is 5.91 Å². The fourth-order valence-corrected chi connectivity index (χ4v) is 2.14. The Morgan fingerprint density at radius 3 is 2.85 bits per heavy atom. The number of urea groups is 1. The van der Waals surface area contributed by atoms with Gasteiger partial charge in [0.25, 0.3) is 0 Å². The first kappa shape index (κ1) is 12.2. The number of aromatic carboxylic acids is 1. The smallest absolute Gasteiger partial charge is 0.352 e. The lowest BCUT2D eigenvalue weighted by molar-refractivity contribution is -0.120. The fraction of sp³-hybridized carbons (Fsp3) is 0.167. The molecule has 2 N–H and O–H groups in total. The van der Waals surface area contributed by atoms with Crippen molar-refractivity contribution in [2.24, 2.45) is 0 Å². The topological polar surface area (TPSA) is 104 Å². The number of amides is 3. The molecule has 20 heavy (non-hydrogen) atoms. The van der Waals surface area contributed by atoms with E-state index in [-0.39, 0.29) is 24.6 Å². The number of nitrogens with zero attached hydrogens (tertiary/aromatic N) is 3. The van der Waals surface area contributed by atoms with E-state index < -0.39 is 12.0 Å². The molecule has 0 aromatic carbocycles. The molecule has 8 heteroatoms. The Kier molecular flexibility index (Phi) is 2.63. The quantitative estimate of drug-likeness (QED) is 0.828. The average molecular weight is 274 g/mol. The van der Waals surface area contributed by atoms with Crippen LogP contribution in [0.3, 0.4) is 0 Å². The summed E-state index contributed by atoms with van der Waals surface area (Å²) < 4.78 is 1.42. The van der Waals surface area contributed by atoms with Crippen LogP contribution in [0.4, 0.5) is 10.5 Å². The number of carboxylic acids is 1. The van der Waals surface area contributed by atoms with Crippen molar-refractivity contribution in [3.05, 3.63) is 30.2 Å². The zero-order chi connectivity index (χ0) is 14.3. The maximum absolute atomic E-state index is 11.8. The molecular weight excluding hydrogens is 264 g/mol. The Bertz CT molecular complexity index is 736. The van der Waals surface area contributed by atoms with Gasteiger partial charge in [-0.15, -0.1) is 0 Å². The Morgan fingerprint density at radius 2 is 2.15 bits per heavy atom. The van der Waals surface area contributed by atoms with Crippen molar-refractivity contribution < 1.29 is 19.5 Å². The molecule has 0 unspecified atom stereocenters. The normalized spacial score (nSPS) is 15.5. The van der Waals surface area contributed by atoms with E-state index in [1.807, 2.05) is 0 Å². The average Bonchev–Trinajstić information content (AvgIpc) is 2.85. The number of hydrogen-bond acceptors (Lipinski definition) is 4. The predicted octanol–water partition coefficient (Wildman–Crippen LogP) is 0.479. The molecule has 102 valence electrons. The molecule has 1 saturated heterocycles. The Balaban J connectivity index is 2.10. The minimum atomic E-state index is -1.12. The maximum atomic E-state index is 11.8. The van der Waals surface area contributed by atoms with Crippen molar-refractivity contribution in [2.75, 3.05) is 11.4 Å². The Hall–Kier alpha value is -2.90. The van der Waals surface area contributed by atoms with Gasteiger partial charge in [0, 0.05) is 31.4 Å². The molecule has 2 aromatic rings. The Morgan fingerprint density at radius 1 is 1.35 bits per heavy atom. The molecule has 0 radical (unpaired) electrons. The van der Waals surface area contributed by atoms with Crippen LogP contribution in [0.1, 0.15) is 16.9 Å². The predicted molar refractivity (Wildman–Crippen MR) is 67.7 cm³/mol. The number of nitrogens with one attached hydrogen (secondary N) is 1. The highest BCUT2D eigenvalue weighted by Gasteiger charge is 2.25. The van der Waals surface area contributed by atoms with E-state index in [2.05, 4.69) is 10.3 Å². The number of imide groups is 1. The van der Waals surface area contributed by atoms with Gasteiger partial charge in [-0.05, 0) is 6.07 Å². The van der Waals surface area contributed by atoms with Crippen LogP contribution in [0.5, 0.6) is 0 Å². The van der Waals surface area contributed by atoms with E-state index in [1.165, 1.54) is 27.8 Å². The van der Waals surface area contributed by atoms with Gasteiger partial charge < -0.3 is 5.11 Å².